The Labute approximate surface area is 125 Å². The third-order valence-electron chi connectivity index (χ3n) is 2.58. The molecule has 0 saturated carbocycles. The number of hydrogen-bond donors (Lipinski definition) is 1. The van der Waals surface area contributed by atoms with Gasteiger partial charge in [0.25, 0.3) is 5.91 Å². The zero-order chi connectivity index (χ0) is 14.4. The van der Waals surface area contributed by atoms with Crippen molar-refractivity contribution in [3.8, 4) is 5.75 Å². The third kappa shape index (κ3) is 3.93. The van der Waals surface area contributed by atoms with Crippen molar-refractivity contribution >= 4 is 28.1 Å². The molecule has 4 nitrogen and oxygen atoms in total. The number of hydrazone groups is 1. The number of benzene rings is 2. The van der Waals surface area contributed by atoms with Crippen LogP contribution in [0.15, 0.2) is 58.1 Å². The number of carbonyl (C=O) groups excluding carboxylic acids is 1. The molecule has 0 aliphatic carbocycles. The highest BCUT2D eigenvalue weighted by Gasteiger charge is 2.02. The van der Waals surface area contributed by atoms with E-state index in [9.17, 15) is 4.79 Å². The van der Waals surface area contributed by atoms with Crippen molar-refractivity contribution in [1.29, 1.82) is 0 Å². The summed E-state index contributed by atoms with van der Waals surface area (Å²) in [5, 5.41) is 3.92. The molecule has 0 bridgehead atoms. The Bertz CT molecular complexity index is 624. The van der Waals surface area contributed by atoms with E-state index in [-0.39, 0.29) is 5.91 Å². The van der Waals surface area contributed by atoms with Crippen LogP contribution in [0.5, 0.6) is 5.75 Å². The normalized spacial score (nSPS) is 10.5. The van der Waals surface area contributed by atoms with Crippen LogP contribution in [0.25, 0.3) is 0 Å². The lowest BCUT2D eigenvalue weighted by Gasteiger charge is -2.01. The molecule has 2 aromatic rings. The van der Waals surface area contributed by atoms with Gasteiger partial charge >= 0.3 is 0 Å². The second kappa shape index (κ2) is 6.86. The summed E-state index contributed by atoms with van der Waals surface area (Å²) in [7, 11) is 1.60. The molecule has 20 heavy (non-hydrogen) atoms. The number of nitrogens with one attached hydrogen (secondary N) is 1. The van der Waals surface area contributed by atoms with E-state index in [1.807, 2.05) is 24.3 Å². The average Bonchev–Trinajstić information content (AvgIpc) is 2.48. The number of nitrogens with zero attached hydrogens (tertiary/aromatic N) is 1. The van der Waals surface area contributed by atoms with Crippen molar-refractivity contribution in [3.63, 3.8) is 0 Å². The average molecular weight is 333 g/mol. The molecule has 0 aliphatic heterocycles. The Kier molecular flexibility index (Phi) is 4.90. The van der Waals surface area contributed by atoms with Gasteiger partial charge in [-0.25, -0.2) is 5.43 Å². The molecule has 0 spiro atoms. The van der Waals surface area contributed by atoms with E-state index in [0.29, 0.717) is 5.56 Å². The summed E-state index contributed by atoms with van der Waals surface area (Å²) in [5.74, 6) is 0.491. The van der Waals surface area contributed by atoms with E-state index in [2.05, 4.69) is 26.5 Å². The number of halogens is 1. The van der Waals surface area contributed by atoms with Gasteiger partial charge in [0.05, 0.1) is 13.3 Å². The van der Waals surface area contributed by atoms with E-state index < -0.39 is 0 Å². The first-order valence-corrected chi connectivity index (χ1v) is 6.71. The van der Waals surface area contributed by atoms with Gasteiger partial charge in [-0.15, -0.1) is 0 Å². The van der Waals surface area contributed by atoms with Crippen LogP contribution in [0.1, 0.15) is 15.9 Å². The van der Waals surface area contributed by atoms with Crippen LogP contribution < -0.4 is 10.2 Å². The predicted octanol–water partition coefficient (Wildman–Crippen LogP) is 3.22. The summed E-state index contributed by atoms with van der Waals surface area (Å²) in [6, 6.07) is 14.5. The molecule has 2 rings (SSSR count). The first-order valence-electron chi connectivity index (χ1n) is 5.92. The summed E-state index contributed by atoms with van der Waals surface area (Å²) in [4.78, 5) is 11.8. The number of carbonyl (C=O) groups is 1. The van der Waals surface area contributed by atoms with Crippen LogP contribution in [0.2, 0.25) is 0 Å². The van der Waals surface area contributed by atoms with Crippen molar-refractivity contribution in [2.24, 2.45) is 5.10 Å². The summed E-state index contributed by atoms with van der Waals surface area (Å²) in [6.07, 6.45) is 1.57. The Hall–Kier alpha value is -2.14. The highest BCUT2D eigenvalue weighted by molar-refractivity contribution is 9.10. The van der Waals surface area contributed by atoms with Crippen molar-refractivity contribution in [3.05, 3.63) is 64.1 Å². The molecule has 0 unspecified atom stereocenters. The maximum absolute atomic E-state index is 11.8. The van der Waals surface area contributed by atoms with E-state index in [0.717, 1.165) is 15.8 Å². The number of ether oxygens (including phenoxy) is 1. The van der Waals surface area contributed by atoms with Crippen LogP contribution in [0.3, 0.4) is 0 Å². The van der Waals surface area contributed by atoms with Gasteiger partial charge in [0.2, 0.25) is 0 Å². The summed E-state index contributed by atoms with van der Waals surface area (Å²) >= 11 is 3.32. The van der Waals surface area contributed by atoms with Crippen molar-refractivity contribution < 1.29 is 9.53 Å². The fourth-order valence-electron chi connectivity index (χ4n) is 1.55. The number of rotatable bonds is 4. The van der Waals surface area contributed by atoms with E-state index >= 15 is 0 Å². The highest BCUT2D eigenvalue weighted by Crippen LogP contribution is 2.11. The number of hydrogen-bond acceptors (Lipinski definition) is 3. The molecule has 0 radical (unpaired) electrons. The Morgan fingerprint density at radius 1 is 1.25 bits per heavy atom. The number of methoxy groups -OCH3 is 1. The smallest absolute Gasteiger partial charge is 0.271 e. The SMILES string of the molecule is COc1cccc(/C=N\NC(=O)c2ccc(Br)cc2)c1. The fourth-order valence-corrected chi connectivity index (χ4v) is 1.82. The molecule has 0 saturated heterocycles. The van der Waals surface area contributed by atoms with Gasteiger partial charge in [-0.1, -0.05) is 28.1 Å². The molecule has 2 aromatic carbocycles. The maximum atomic E-state index is 11.8. The van der Waals surface area contributed by atoms with Gasteiger partial charge in [-0.3, -0.25) is 4.79 Å². The second-order valence-electron chi connectivity index (χ2n) is 3.98. The Morgan fingerprint density at radius 3 is 2.70 bits per heavy atom. The summed E-state index contributed by atoms with van der Waals surface area (Å²) < 4.78 is 6.03. The maximum Gasteiger partial charge on any atom is 0.271 e. The molecule has 5 heteroatoms. The van der Waals surface area contributed by atoms with Crippen molar-refractivity contribution in [2.45, 2.75) is 0 Å². The van der Waals surface area contributed by atoms with Crippen LogP contribution >= 0.6 is 15.9 Å². The van der Waals surface area contributed by atoms with Crippen molar-refractivity contribution in [1.82, 2.24) is 5.43 Å². The molecule has 1 N–H and O–H groups in total. The molecule has 0 aliphatic rings. The molecule has 0 aromatic heterocycles. The van der Waals surface area contributed by atoms with Gasteiger partial charge in [0, 0.05) is 10.0 Å². The lowest BCUT2D eigenvalue weighted by atomic mass is 10.2. The molecular formula is C15H13BrN2O2. The summed E-state index contributed by atoms with van der Waals surface area (Å²) in [5.41, 5.74) is 3.88. The molecule has 1 amide bonds. The van der Waals surface area contributed by atoms with Gasteiger partial charge in [0.15, 0.2) is 0 Å². The minimum Gasteiger partial charge on any atom is -0.497 e. The van der Waals surface area contributed by atoms with Crippen LogP contribution in [0, 0.1) is 0 Å². The predicted molar refractivity (Wildman–Crippen MR) is 82.2 cm³/mol. The first kappa shape index (κ1) is 14.3. The van der Waals surface area contributed by atoms with E-state index in [1.54, 1.807) is 37.6 Å². The highest BCUT2D eigenvalue weighted by atomic mass is 79.9. The van der Waals surface area contributed by atoms with E-state index in [1.165, 1.54) is 0 Å². The topological polar surface area (TPSA) is 50.7 Å². The quantitative estimate of drug-likeness (QED) is 0.690. The third-order valence-corrected chi connectivity index (χ3v) is 3.11. The summed E-state index contributed by atoms with van der Waals surface area (Å²) in [6.45, 7) is 0. The lowest BCUT2D eigenvalue weighted by Crippen LogP contribution is -2.17. The Morgan fingerprint density at radius 2 is 2.00 bits per heavy atom. The van der Waals surface area contributed by atoms with Gasteiger partial charge in [-0.05, 0) is 42.0 Å². The van der Waals surface area contributed by atoms with Gasteiger partial charge in [0.1, 0.15) is 5.75 Å². The minimum absolute atomic E-state index is 0.253. The lowest BCUT2D eigenvalue weighted by molar-refractivity contribution is 0.0955. The Balaban J connectivity index is 1.98. The van der Waals surface area contributed by atoms with Crippen LogP contribution in [-0.2, 0) is 0 Å². The standard InChI is InChI=1S/C15H13BrN2O2/c1-20-14-4-2-3-11(9-14)10-17-18-15(19)12-5-7-13(16)8-6-12/h2-10H,1H3,(H,18,19)/b17-10-. The van der Waals surface area contributed by atoms with Crippen molar-refractivity contribution in [2.75, 3.05) is 7.11 Å². The largest absolute Gasteiger partial charge is 0.497 e. The molecular weight excluding hydrogens is 320 g/mol. The first-order chi connectivity index (χ1) is 9.69. The van der Waals surface area contributed by atoms with Gasteiger partial charge < -0.3 is 4.74 Å². The second-order valence-corrected chi connectivity index (χ2v) is 4.90. The fraction of sp³-hybridized carbons (Fsp3) is 0.0667. The van der Waals surface area contributed by atoms with E-state index in [4.69, 9.17) is 4.74 Å². The number of amides is 1. The monoisotopic (exact) mass is 332 g/mol. The zero-order valence-corrected chi connectivity index (χ0v) is 12.4. The minimum atomic E-state index is -0.253. The molecule has 0 heterocycles. The molecule has 0 atom stereocenters. The molecule has 102 valence electrons. The van der Waals surface area contributed by atoms with Crippen LogP contribution in [0.4, 0.5) is 0 Å². The molecule has 0 fully saturated rings. The zero-order valence-electron chi connectivity index (χ0n) is 10.8. The van der Waals surface area contributed by atoms with Gasteiger partial charge in [-0.2, -0.15) is 5.10 Å². The van der Waals surface area contributed by atoms with Crippen LogP contribution in [-0.4, -0.2) is 19.2 Å².